The monoisotopic (exact) mass is 314 g/mol. The predicted octanol–water partition coefficient (Wildman–Crippen LogP) is 4.39. The van der Waals surface area contributed by atoms with Crippen molar-refractivity contribution in [3.8, 4) is 16.9 Å². The van der Waals surface area contributed by atoms with E-state index in [1.807, 2.05) is 36.4 Å². The van der Waals surface area contributed by atoms with Crippen LogP contribution in [0.25, 0.3) is 27.8 Å². The van der Waals surface area contributed by atoms with Crippen LogP contribution in [0.2, 0.25) is 0 Å². The Bertz CT molecular complexity index is 1040. The maximum absolute atomic E-state index is 11.3. The van der Waals surface area contributed by atoms with E-state index in [9.17, 15) is 9.90 Å². The third-order valence-corrected chi connectivity index (χ3v) is 4.04. The van der Waals surface area contributed by atoms with Crippen molar-refractivity contribution in [1.82, 2.24) is 9.55 Å². The molecule has 0 spiro atoms. The molecule has 0 unspecified atom stereocenters. The fraction of sp³-hybridized carbons (Fsp3) is 0. The van der Waals surface area contributed by atoms with Crippen molar-refractivity contribution < 1.29 is 9.90 Å². The lowest BCUT2D eigenvalue weighted by Gasteiger charge is -2.12. The zero-order valence-corrected chi connectivity index (χ0v) is 12.8. The summed E-state index contributed by atoms with van der Waals surface area (Å²) in [6.45, 7) is 0. The number of rotatable bonds is 3. The van der Waals surface area contributed by atoms with Gasteiger partial charge in [0.25, 0.3) is 0 Å². The van der Waals surface area contributed by atoms with E-state index in [0.717, 1.165) is 27.8 Å². The van der Waals surface area contributed by atoms with Gasteiger partial charge in [0, 0.05) is 29.0 Å². The summed E-state index contributed by atoms with van der Waals surface area (Å²) in [5.41, 5.74) is 4.16. The zero-order valence-electron chi connectivity index (χ0n) is 12.8. The summed E-state index contributed by atoms with van der Waals surface area (Å²) in [4.78, 5) is 15.4. The number of para-hydroxylation sites is 1. The number of hydrogen-bond donors (Lipinski definition) is 1. The highest BCUT2D eigenvalue weighted by molar-refractivity contribution is 5.91. The standard InChI is InChI=1S/C20H14N2O2/c23-20(24)16-5-3-6-17(12-16)22-18-7-2-1-4-15(18)13-19(22)14-8-10-21-11-9-14/h1-13H,(H,23,24). The first kappa shape index (κ1) is 14.2. The SMILES string of the molecule is O=C(O)c1cccc(-n2c(-c3ccncc3)cc3ccccc32)c1. The molecule has 24 heavy (non-hydrogen) atoms. The summed E-state index contributed by atoms with van der Waals surface area (Å²) in [7, 11) is 0. The smallest absolute Gasteiger partial charge is 0.335 e. The Morgan fingerprint density at radius 3 is 2.50 bits per heavy atom. The van der Waals surface area contributed by atoms with Crippen molar-refractivity contribution in [2.75, 3.05) is 0 Å². The van der Waals surface area contributed by atoms with Crippen LogP contribution in [0.5, 0.6) is 0 Å². The van der Waals surface area contributed by atoms with Crippen molar-refractivity contribution in [3.05, 3.63) is 84.7 Å². The average Bonchev–Trinajstić information content (AvgIpc) is 3.02. The maximum Gasteiger partial charge on any atom is 0.335 e. The molecule has 0 fully saturated rings. The van der Waals surface area contributed by atoms with E-state index in [-0.39, 0.29) is 5.56 Å². The summed E-state index contributed by atoms with van der Waals surface area (Å²) in [6, 6.07) is 21.1. The Kier molecular flexibility index (Phi) is 3.35. The van der Waals surface area contributed by atoms with Gasteiger partial charge in [-0.25, -0.2) is 4.79 Å². The number of hydrogen-bond acceptors (Lipinski definition) is 2. The Balaban J connectivity index is 2.03. The highest BCUT2D eigenvalue weighted by atomic mass is 16.4. The average molecular weight is 314 g/mol. The lowest BCUT2D eigenvalue weighted by Crippen LogP contribution is -2.01. The molecular weight excluding hydrogens is 300 g/mol. The van der Waals surface area contributed by atoms with E-state index in [1.165, 1.54) is 0 Å². The predicted molar refractivity (Wildman–Crippen MR) is 93.5 cm³/mol. The van der Waals surface area contributed by atoms with Crippen molar-refractivity contribution in [2.45, 2.75) is 0 Å². The van der Waals surface area contributed by atoms with Gasteiger partial charge in [-0.1, -0.05) is 24.3 Å². The second-order valence-electron chi connectivity index (χ2n) is 5.52. The van der Waals surface area contributed by atoms with Gasteiger partial charge in [-0.2, -0.15) is 0 Å². The molecule has 0 aliphatic heterocycles. The molecule has 4 rings (SSSR count). The number of nitrogens with zero attached hydrogens (tertiary/aromatic N) is 2. The molecule has 0 radical (unpaired) electrons. The lowest BCUT2D eigenvalue weighted by atomic mass is 10.1. The molecule has 4 nitrogen and oxygen atoms in total. The number of fused-ring (bicyclic) bond motifs is 1. The van der Waals surface area contributed by atoms with Gasteiger partial charge < -0.3 is 9.67 Å². The van der Waals surface area contributed by atoms with Crippen molar-refractivity contribution in [1.29, 1.82) is 0 Å². The molecule has 0 atom stereocenters. The largest absolute Gasteiger partial charge is 0.478 e. The molecule has 4 heteroatoms. The molecule has 1 N–H and O–H groups in total. The first-order valence-electron chi connectivity index (χ1n) is 7.59. The molecule has 2 aromatic heterocycles. The quantitative estimate of drug-likeness (QED) is 0.610. The second-order valence-corrected chi connectivity index (χ2v) is 5.52. The van der Waals surface area contributed by atoms with Crippen LogP contribution in [0.4, 0.5) is 0 Å². The Hall–Kier alpha value is -3.40. The molecular formula is C20H14N2O2. The summed E-state index contributed by atoms with van der Waals surface area (Å²) in [5, 5.41) is 10.4. The van der Waals surface area contributed by atoms with E-state index < -0.39 is 5.97 Å². The molecule has 2 aromatic carbocycles. The minimum absolute atomic E-state index is 0.269. The molecule has 2 heterocycles. The Labute approximate surface area is 138 Å². The van der Waals surface area contributed by atoms with Crippen LogP contribution in [0.1, 0.15) is 10.4 Å². The van der Waals surface area contributed by atoms with Crippen LogP contribution in [-0.4, -0.2) is 20.6 Å². The van der Waals surface area contributed by atoms with E-state index in [0.29, 0.717) is 0 Å². The van der Waals surface area contributed by atoms with E-state index in [2.05, 4.69) is 21.7 Å². The third kappa shape index (κ3) is 2.34. The maximum atomic E-state index is 11.3. The van der Waals surface area contributed by atoms with Gasteiger partial charge in [0.15, 0.2) is 0 Å². The first-order valence-corrected chi connectivity index (χ1v) is 7.59. The Morgan fingerprint density at radius 1 is 0.917 bits per heavy atom. The fourth-order valence-electron chi connectivity index (χ4n) is 2.95. The van der Waals surface area contributed by atoms with Crippen LogP contribution in [-0.2, 0) is 0 Å². The molecule has 0 amide bonds. The lowest BCUT2D eigenvalue weighted by molar-refractivity contribution is 0.0697. The topological polar surface area (TPSA) is 55.1 Å². The number of benzene rings is 2. The van der Waals surface area contributed by atoms with Gasteiger partial charge >= 0.3 is 5.97 Å². The number of pyridine rings is 1. The van der Waals surface area contributed by atoms with Crippen LogP contribution in [0, 0.1) is 0 Å². The summed E-state index contributed by atoms with van der Waals surface area (Å²) in [6.07, 6.45) is 3.51. The van der Waals surface area contributed by atoms with Crippen LogP contribution >= 0.6 is 0 Å². The van der Waals surface area contributed by atoms with Gasteiger partial charge in [-0.3, -0.25) is 4.98 Å². The van der Waals surface area contributed by atoms with Crippen LogP contribution in [0.3, 0.4) is 0 Å². The fourth-order valence-corrected chi connectivity index (χ4v) is 2.95. The van der Waals surface area contributed by atoms with Gasteiger partial charge in [0.2, 0.25) is 0 Å². The van der Waals surface area contributed by atoms with E-state index >= 15 is 0 Å². The molecule has 0 aliphatic rings. The number of carbonyl (C=O) groups is 1. The number of aromatic nitrogens is 2. The van der Waals surface area contributed by atoms with E-state index in [4.69, 9.17) is 0 Å². The highest BCUT2D eigenvalue weighted by Crippen LogP contribution is 2.31. The second kappa shape index (κ2) is 5.66. The third-order valence-electron chi connectivity index (χ3n) is 4.04. The van der Waals surface area contributed by atoms with Gasteiger partial charge in [0.05, 0.1) is 16.8 Å². The molecule has 0 aliphatic carbocycles. The zero-order chi connectivity index (χ0) is 16.5. The van der Waals surface area contributed by atoms with E-state index in [1.54, 1.807) is 30.6 Å². The molecule has 0 bridgehead atoms. The van der Waals surface area contributed by atoms with Crippen LogP contribution in [0.15, 0.2) is 79.1 Å². The first-order chi connectivity index (χ1) is 11.7. The molecule has 0 saturated carbocycles. The normalized spacial score (nSPS) is 10.8. The molecule has 4 aromatic rings. The number of aromatic carboxylic acids is 1. The minimum Gasteiger partial charge on any atom is -0.478 e. The van der Waals surface area contributed by atoms with Crippen molar-refractivity contribution in [2.24, 2.45) is 0 Å². The number of carboxylic acids is 1. The number of carboxylic acid groups (broad SMARTS) is 1. The highest BCUT2D eigenvalue weighted by Gasteiger charge is 2.13. The van der Waals surface area contributed by atoms with Crippen molar-refractivity contribution in [3.63, 3.8) is 0 Å². The Morgan fingerprint density at radius 2 is 1.71 bits per heavy atom. The summed E-state index contributed by atoms with van der Waals surface area (Å²) >= 11 is 0. The van der Waals surface area contributed by atoms with Gasteiger partial charge in [-0.15, -0.1) is 0 Å². The van der Waals surface area contributed by atoms with Gasteiger partial charge in [0.1, 0.15) is 0 Å². The summed E-state index contributed by atoms with van der Waals surface area (Å²) < 4.78 is 2.08. The minimum atomic E-state index is -0.932. The van der Waals surface area contributed by atoms with Crippen LogP contribution < -0.4 is 0 Å². The molecule has 116 valence electrons. The summed E-state index contributed by atoms with van der Waals surface area (Å²) in [5.74, 6) is -0.932. The molecule has 0 saturated heterocycles. The van der Waals surface area contributed by atoms with Crippen molar-refractivity contribution >= 4 is 16.9 Å². The van der Waals surface area contributed by atoms with Gasteiger partial charge in [-0.05, 0) is 42.5 Å².